The van der Waals surface area contributed by atoms with E-state index < -0.39 is 11.4 Å². The first kappa shape index (κ1) is 27.3. The number of fused-ring (bicyclic) bond motifs is 1. The molecule has 1 saturated heterocycles. The number of H-pyrrole nitrogens is 1. The fourth-order valence-electron chi connectivity index (χ4n) is 5.66. The van der Waals surface area contributed by atoms with Crippen molar-refractivity contribution in [3.8, 4) is 39.8 Å². The number of ketones is 1. The van der Waals surface area contributed by atoms with E-state index >= 15 is 0 Å². The normalized spacial score (nSPS) is 15.8. The predicted octanol–water partition coefficient (Wildman–Crippen LogP) is 3.87. The molecule has 1 spiro atoms. The number of aromatic amines is 1. The number of ether oxygens (including phenoxy) is 3. The lowest BCUT2D eigenvalue weighted by molar-refractivity contribution is -0.00572. The molecule has 4 heterocycles. The van der Waals surface area contributed by atoms with Gasteiger partial charge in [0, 0.05) is 55.9 Å². The second-order valence-electron chi connectivity index (χ2n) is 10.4. The number of amides is 1. The summed E-state index contributed by atoms with van der Waals surface area (Å²) in [6.45, 7) is 5.49. The molecule has 42 heavy (non-hydrogen) atoms. The minimum atomic E-state index is -0.693. The van der Waals surface area contributed by atoms with Gasteiger partial charge in [-0.05, 0) is 44.2 Å². The standard InChI is InChI=1S/C30H31N5O7/c1-4-39-24-13-19(14-25(40-5-2)26(24)20-16-31-34(3)17-20)28(37)35-10-8-30(9-11-35)15-22(36)21-12-18(6-7-23(21)41-30)27-32-29(38)42-33-27/h6-7,12-14,16-17H,4-5,8-11,15H2,1-3H3,(H,32,33,38). The summed E-state index contributed by atoms with van der Waals surface area (Å²) in [7, 11) is 1.84. The molecule has 0 aliphatic carbocycles. The number of nitrogens with one attached hydrogen (secondary N) is 1. The SMILES string of the molecule is CCOc1cc(C(=O)N2CCC3(CC2)CC(=O)c2cc(-c4noc(=O)[nH]4)ccc2O3)cc(OCC)c1-c1cnn(C)c1. The Bertz CT molecular complexity index is 1680. The zero-order valence-electron chi connectivity index (χ0n) is 23.6. The van der Waals surface area contributed by atoms with Gasteiger partial charge in [-0.2, -0.15) is 5.10 Å². The summed E-state index contributed by atoms with van der Waals surface area (Å²) in [5.41, 5.74) is 2.36. The third kappa shape index (κ3) is 5.04. The van der Waals surface area contributed by atoms with Crippen LogP contribution in [0.4, 0.5) is 0 Å². The molecule has 1 fully saturated rings. The molecule has 6 rings (SSSR count). The van der Waals surface area contributed by atoms with E-state index in [0.717, 1.165) is 11.1 Å². The van der Waals surface area contributed by atoms with Crippen molar-refractivity contribution >= 4 is 11.7 Å². The van der Waals surface area contributed by atoms with Gasteiger partial charge in [0.15, 0.2) is 11.6 Å². The molecule has 1 amide bonds. The fourth-order valence-corrected chi connectivity index (χ4v) is 5.66. The molecule has 2 aromatic carbocycles. The van der Waals surface area contributed by atoms with Crippen LogP contribution in [0, 0.1) is 0 Å². The zero-order chi connectivity index (χ0) is 29.4. The number of carbonyl (C=O) groups is 2. The van der Waals surface area contributed by atoms with E-state index in [9.17, 15) is 14.4 Å². The van der Waals surface area contributed by atoms with Gasteiger partial charge in [-0.1, -0.05) is 5.16 Å². The van der Waals surface area contributed by atoms with E-state index in [2.05, 4.69) is 19.8 Å². The number of piperidine rings is 1. The number of Topliss-reactive ketones (excluding diaryl/α,β-unsaturated/α-hetero) is 1. The summed E-state index contributed by atoms with van der Waals surface area (Å²) < 4.78 is 24.6. The Labute approximate surface area is 241 Å². The van der Waals surface area contributed by atoms with Crippen LogP contribution in [0.1, 0.15) is 53.8 Å². The molecule has 0 unspecified atom stereocenters. The van der Waals surface area contributed by atoms with E-state index in [0.29, 0.717) is 73.1 Å². The third-order valence-corrected chi connectivity index (χ3v) is 7.67. The number of nitrogens with zero attached hydrogens (tertiary/aromatic N) is 4. The molecular weight excluding hydrogens is 542 g/mol. The van der Waals surface area contributed by atoms with Gasteiger partial charge < -0.3 is 19.1 Å². The van der Waals surface area contributed by atoms with Gasteiger partial charge in [0.2, 0.25) is 0 Å². The van der Waals surface area contributed by atoms with Crippen molar-refractivity contribution in [3.05, 3.63) is 64.4 Å². The van der Waals surface area contributed by atoms with Crippen LogP contribution in [-0.4, -0.2) is 68.4 Å². The van der Waals surface area contributed by atoms with Crippen LogP contribution in [0.5, 0.6) is 17.2 Å². The lowest BCUT2D eigenvalue weighted by atomic mass is 9.82. The number of carbonyl (C=O) groups excluding carboxylic acids is 2. The molecule has 0 saturated carbocycles. The summed E-state index contributed by atoms with van der Waals surface area (Å²) in [5, 5.41) is 7.98. The van der Waals surface area contributed by atoms with Crippen LogP contribution in [0.25, 0.3) is 22.5 Å². The summed E-state index contributed by atoms with van der Waals surface area (Å²) in [5.74, 6) is 0.972. The van der Waals surface area contributed by atoms with E-state index in [4.69, 9.17) is 14.2 Å². The number of hydrogen-bond acceptors (Lipinski definition) is 9. The second-order valence-corrected chi connectivity index (χ2v) is 10.4. The maximum absolute atomic E-state index is 13.7. The number of aryl methyl sites for hydroxylation is 1. The Hall–Kier alpha value is -4.87. The van der Waals surface area contributed by atoms with E-state index in [1.54, 1.807) is 46.1 Å². The lowest BCUT2D eigenvalue weighted by Gasteiger charge is -2.44. The maximum Gasteiger partial charge on any atom is 0.439 e. The highest BCUT2D eigenvalue weighted by molar-refractivity contribution is 6.01. The van der Waals surface area contributed by atoms with Crippen molar-refractivity contribution in [2.45, 2.75) is 38.7 Å². The molecule has 4 aromatic rings. The largest absolute Gasteiger partial charge is 0.493 e. The number of benzene rings is 2. The molecule has 0 atom stereocenters. The molecule has 2 aliphatic rings. The summed E-state index contributed by atoms with van der Waals surface area (Å²) in [6, 6.07) is 8.61. The first-order valence-electron chi connectivity index (χ1n) is 13.9. The molecular formula is C30H31N5O7. The van der Waals surface area contributed by atoms with Crippen LogP contribution < -0.4 is 20.0 Å². The highest BCUT2D eigenvalue weighted by Crippen LogP contribution is 2.42. The van der Waals surface area contributed by atoms with Crippen LogP contribution >= 0.6 is 0 Å². The first-order valence-corrected chi connectivity index (χ1v) is 13.9. The predicted molar refractivity (Wildman–Crippen MR) is 151 cm³/mol. The minimum absolute atomic E-state index is 0.0579. The number of aromatic nitrogens is 4. The molecule has 2 aromatic heterocycles. The van der Waals surface area contributed by atoms with Gasteiger partial charge in [-0.3, -0.25) is 23.8 Å². The van der Waals surface area contributed by atoms with Crippen molar-refractivity contribution in [1.29, 1.82) is 0 Å². The molecule has 1 N–H and O–H groups in total. The average molecular weight is 574 g/mol. The van der Waals surface area contributed by atoms with Crippen molar-refractivity contribution in [1.82, 2.24) is 24.8 Å². The van der Waals surface area contributed by atoms with Crippen molar-refractivity contribution in [2.75, 3.05) is 26.3 Å². The summed E-state index contributed by atoms with van der Waals surface area (Å²) in [4.78, 5) is 42.5. The summed E-state index contributed by atoms with van der Waals surface area (Å²) in [6.07, 6.45) is 4.83. The Morgan fingerprint density at radius 2 is 1.76 bits per heavy atom. The lowest BCUT2D eigenvalue weighted by Crippen LogP contribution is -2.52. The van der Waals surface area contributed by atoms with Gasteiger partial charge >= 0.3 is 5.76 Å². The van der Waals surface area contributed by atoms with E-state index in [1.807, 2.05) is 27.1 Å². The van der Waals surface area contributed by atoms with Crippen LogP contribution in [0.15, 0.2) is 52.0 Å². The third-order valence-electron chi connectivity index (χ3n) is 7.67. The average Bonchev–Trinajstić information content (AvgIpc) is 3.61. The smallest absolute Gasteiger partial charge is 0.439 e. The van der Waals surface area contributed by atoms with Crippen molar-refractivity contribution in [3.63, 3.8) is 0 Å². The zero-order valence-corrected chi connectivity index (χ0v) is 23.6. The molecule has 0 radical (unpaired) electrons. The fraction of sp³-hybridized carbons (Fsp3) is 0.367. The van der Waals surface area contributed by atoms with Gasteiger partial charge in [0.05, 0.1) is 37.0 Å². The summed E-state index contributed by atoms with van der Waals surface area (Å²) >= 11 is 0. The Morgan fingerprint density at radius 1 is 1.05 bits per heavy atom. The van der Waals surface area contributed by atoms with E-state index in [-0.39, 0.29) is 23.9 Å². The minimum Gasteiger partial charge on any atom is -0.493 e. The quantitative estimate of drug-likeness (QED) is 0.349. The maximum atomic E-state index is 13.7. The monoisotopic (exact) mass is 573 g/mol. The highest BCUT2D eigenvalue weighted by atomic mass is 16.5. The van der Waals surface area contributed by atoms with Crippen molar-refractivity contribution in [2.24, 2.45) is 7.05 Å². The highest BCUT2D eigenvalue weighted by Gasteiger charge is 2.44. The van der Waals surface area contributed by atoms with E-state index in [1.165, 1.54) is 0 Å². The van der Waals surface area contributed by atoms with Crippen molar-refractivity contribution < 1.29 is 28.3 Å². The Morgan fingerprint density at radius 3 is 2.36 bits per heavy atom. The topological polar surface area (TPSA) is 142 Å². The van der Waals surface area contributed by atoms with Gasteiger partial charge in [0.25, 0.3) is 5.91 Å². The first-order chi connectivity index (χ1) is 20.3. The number of likely N-dealkylation sites (tertiary alicyclic amines) is 1. The van der Waals surface area contributed by atoms with Crippen LogP contribution in [0.3, 0.4) is 0 Å². The van der Waals surface area contributed by atoms with Crippen LogP contribution in [-0.2, 0) is 7.05 Å². The second kappa shape index (κ2) is 10.8. The van der Waals surface area contributed by atoms with Gasteiger partial charge in [-0.15, -0.1) is 0 Å². The number of hydrogen-bond donors (Lipinski definition) is 1. The molecule has 12 nitrogen and oxygen atoms in total. The molecule has 12 heteroatoms. The van der Waals surface area contributed by atoms with Gasteiger partial charge in [-0.25, -0.2) is 4.79 Å². The van der Waals surface area contributed by atoms with Crippen LogP contribution in [0.2, 0.25) is 0 Å². The Kier molecular flexibility index (Phi) is 7.05. The van der Waals surface area contributed by atoms with Gasteiger partial charge in [0.1, 0.15) is 22.8 Å². The molecule has 2 aliphatic heterocycles. The Balaban J connectivity index is 1.21. The number of rotatable bonds is 7. The molecule has 0 bridgehead atoms. The molecule has 218 valence electrons.